The van der Waals surface area contributed by atoms with E-state index in [0.717, 1.165) is 67.1 Å². The van der Waals surface area contributed by atoms with Gasteiger partial charge in [0.15, 0.2) is 5.13 Å². The van der Waals surface area contributed by atoms with Crippen molar-refractivity contribution in [2.24, 2.45) is 23.7 Å². The molecule has 7 rings (SSSR count). The van der Waals surface area contributed by atoms with Crippen LogP contribution in [-0.2, 0) is 4.79 Å². The minimum Gasteiger partial charge on any atom is -0.301 e. The minimum absolute atomic E-state index is 0.0536. The van der Waals surface area contributed by atoms with Gasteiger partial charge in [-0.15, -0.1) is 11.3 Å². The molecule has 2 heterocycles. The lowest BCUT2D eigenvalue weighted by Gasteiger charge is -2.58. The van der Waals surface area contributed by atoms with Crippen LogP contribution in [0.15, 0.2) is 29.6 Å². The molecule has 0 spiro atoms. The van der Waals surface area contributed by atoms with Crippen LogP contribution in [0.2, 0.25) is 0 Å². The van der Waals surface area contributed by atoms with Crippen LogP contribution in [0.5, 0.6) is 0 Å². The number of hydrogen-bond acceptors (Lipinski definition) is 5. The maximum atomic E-state index is 12.7. The largest absolute Gasteiger partial charge is 0.301 e. The Labute approximate surface area is 195 Å². The number of aromatic nitrogens is 1. The predicted octanol–water partition coefficient (Wildman–Crippen LogP) is 4.50. The zero-order valence-corrected chi connectivity index (χ0v) is 19.8. The summed E-state index contributed by atoms with van der Waals surface area (Å²) in [6, 6.07) is 9.18. The minimum atomic E-state index is 0.0536. The molecule has 1 aromatic heterocycles. The van der Waals surface area contributed by atoms with Gasteiger partial charge in [-0.05, 0) is 62.7 Å². The lowest BCUT2D eigenvalue weighted by Crippen LogP contribution is -2.60. The molecule has 6 heteroatoms. The van der Waals surface area contributed by atoms with E-state index in [-0.39, 0.29) is 5.91 Å². The Bertz CT molecular complexity index is 934. The molecule has 0 unspecified atom stereocenters. The molecule has 2 aromatic rings. The van der Waals surface area contributed by atoms with Crippen LogP contribution in [0.4, 0.5) is 5.13 Å². The monoisotopic (exact) mass is 450 g/mol. The summed E-state index contributed by atoms with van der Waals surface area (Å²) in [5.41, 5.74) is 3.25. The Kier molecular flexibility index (Phi) is 5.56. The molecule has 4 saturated carbocycles. The topological polar surface area (TPSA) is 48.5 Å². The van der Waals surface area contributed by atoms with E-state index >= 15 is 0 Å². The molecule has 0 atom stereocenters. The third-order valence-corrected chi connectivity index (χ3v) is 9.23. The molecule has 1 amide bonds. The van der Waals surface area contributed by atoms with Gasteiger partial charge in [-0.3, -0.25) is 14.6 Å². The van der Waals surface area contributed by atoms with E-state index in [0.29, 0.717) is 11.7 Å². The number of thiazole rings is 1. The highest BCUT2D eigenvalue weighted by Crippen LogP contribution is 2.55. The van der Waals surface area contributed by atoms with Crippen molar-refractivity contribution < 1.29 is 4.79 Å². The molecule has 5 nitrogen and oxygen atoms in total. The second-order valence-corrected chi connectivity index (χ2v) is 11.5. The maximum absolute atomic E-state index is 12.7. The Hall–Kier alpha value is -1.76. The average molecular weight is 451 g/mol. The van der Waals surface area contributed by atoms with Crippen molar-refractivity contribution in [3.63, 3.8) is 0 Å². The molecule has 32 heavy (non-hydrogen) atoms. The Balaban J connectivity index is 0.999. The van der Waals surface area contributed by atoms with Gasteiger partial charge < -0.3 is 5.32 Å². The average Bonchev–Trinajstić information content (AvgIpc) is 3.23. The van der Waals surface area contributed by atoms with Gasteiger partial charge in [0.05, 0.1) is 12.2 Å². The fraction of sp³-hybridized carbons (Fsp3) is 0.615. The van der Waals surface area contributed by atoms with Gasteiger partial charge >= 0.3 is 0 Å². The SMILES string of the molecule is Cc1ccc(-c2csc(NC(=O)CN3CCN(C4C5CC6CC(C5)CC4C6)CC3)n2)cc1. The zero-order valence-electron chi connectivity index (χ0n) is 19.0. The standard InChI is InChI=1S/C26H34N4OS/c1-17-2-4-20(5-3-17)23-16-32-26(27-23)28-24(31)15-29-6-8-30(9-7-29)25-21-11-18-10-19(13-21)14-22(25)12-18/h2-5,16,18-19,21-22,25H,6-15H2,1H3,(H,27,28,31). The lowest BCUT2D eigenvalue weighted by atomic mass is 9.54. The number of hydrogen-bond donors (Lipinski definition) is 1. The molecule has 1 aromatic carbocycles. The van der Waals surface area contributed by atoms with Gasteiger partial charge in [0.1, 0.15) is 0 Å². The molecule has 5 fully saturated rings. The van der Waals surface area contributed by atoms with E-state index in [2.05, 4.69) is 51.3 Å². The van der Waals surface area contributed by atoms with Crippen LogP contribution in [-0.4, -0.2) is 59.5 Å². The second-order valence-electron chi connectivity index (χ2n) is 10.7. The zero-order chi connectivity index (χ0) is 21.7. The van der Waals surface area contributed by atoms with Crippen molar-refractivity contribution in [1.82, 2.24) is 14.8 Å². The maximum Gasteiger partial charge on any atom is 0.240 e. The fourth-order valence-corrected chi connectivity index (χ4v) is 8.00. The predicted molar refractivity (Wildman–Crippen MR) is 130 cm³/mol. The summed E-state index contributed by atoms with van der Waals surface area (Å²) in [4.78, 5) is 22.4. The van der Waals surface area contributed by atoms with Crippen LogP contribution in [0, 0.1) is 30.6 Å². The first kappa shape index (κ1) is 20.8. The summed E-state index contributed by atoms with van der Waals surface area (Å²) in [5, 5.41) is 5.73. The number of piperazine rings is 1. The van der Waals surface area contributed by atoms with Crippen molar-refractivity contribution in [3.8, 4) is 11.3 Å². The van der Waals surface area contributed by atoms with Crippen LogP contribution >= 0.6 is 11.3 Å². The first-order valence-electron chi connectivity index (χ1n) is 12.4. The first-order chi connectivity index (χ1) is 15.6. The summed E-state index contributed by atoms with van der Waals surface area (Å²) in [5.74, 6) is 4.03. The number of carbonyl (C=O) groups excluding carboxylic acids is 1. The lowest BCUT2D eigenvalue weighted by molar-refractivity contribution is -0.118. The van der Waals surface area contributed by atoms with Crippen LogP contribution in [0.25, 0.3) is 11.3 Å². The van der Waals surface area contributed by atoms with Crippen molar-refractivity contribution in [3.05, 3.63) is 35.2 Å². The third-order valence-electron chi connectivity index (χ3n) is 8.47. The van der Waals surface area contributed by atoms with E-state index in [1.807, 2.05) is 5.38 Å². The number of nitrogens with zero attached hydrogens (tertiary/aromatic N) is 3. The number of nitrogens with one attached hydrogen (secondary N) is 1. The highest BCUT2D eigenvalue weighted by molar-refractivity contribution is 7.14. The highest BCUT2D eigenvalue weighted by Gasteiger charge is 2.50. The van der Waals surface area contributed by atoms with Crippen LogP contribution in [0.1, 0.15) is 37.7 Å². The molecule has 5 aliphatic rings. The van der Waals surface area contributed by atoms with Gasteiger partial charge in [0, 0.05) is 43.2 Å². The van der Waals surface area contributed by atoms with Gasteiger partial charge in [0.2, 0.25) is 5.91 Å². The Morgan fingerprint density at radius 1 is 1.00 bits per heavy atom. The van der Waals surface area contributed by atoms with Crippen molar-refractivity contribution >= 4 is 22.4 Å². The van der Waals surface area contributed by atoms with Crippen LogP contribution < -0.4 is 5.32 Å². The fourth-order valence-electron chi connectivity index (χ4n) is 7.26. The summed E-state index contributed by atoms with van der Waals surface area (Å²) in [7, 11) is 0. The number of rotatable bonds is 5. The van der Waals surface area contributed by atoms with E-state index in [4.69, 9.17) is 0 Å². The van der Waals surface area contributed by atoms with Crippen molar-refractivity contribution in [2.45, 2.75) is 45.1 Å². The van der Waals surface area contributed by atoms with E-state index in [1.54, 1.807) is 0 Å². The first-order valence-corrected chi connectivity index (χ1v) is 13.3. The normalized spacial score (nSPS) is 32.3. The summed E-state index contributed by atoms with van der Waals surface area (Å²) >= 11 is 1.50. The highest BCUT2D eigenvalue weighted by atomic mass is 32.1. The van der Waals surface area contributed by atoms with Crippen molar-refractivity contribution in [2.75, 3.05) is 38.0 Å². The summed E-state index contributed by atoms with van der Waals surface area (Å²) in [6.07, 6.45) is 7.46. The van der Waals surface area contributed by atoms with E-state index in [1.165, 1.54) is 49.0 Å². The molecule has 4 bridgehead atoms. The van der Waals surface area contributed by atoms with Gasteiger partial charge in [0.25, 0.3) is 0 Å². The molecule has 1 saturated heterocycles. The second kappa shape index (κ2) is 8.54. The molecular weight excluding hydrogens is 416 g/mol. The Morgan fingerprint density at radius 3 is 2.31 bits per heavy atom. The van der Waals surface area contributed by atoms with Gasteiger partial charge in [-0.1, -0.05) is 29.8 Å². The molecule has 4 aliphatic carbocycles. The number of anilines is 1. The quantitative estimate of drug-likeness (QED) is 0.729. The number of benzene rings is 1. The molecule has 170 valence electrons. The third kappa shape index (κ3) is 4.13. The number of aryl methyl sites for hydroxylation is 1. The summed E-state index contributed by atoms with van der Waals surface area (Å²) < 4.78 is 0. The van der Waals surface area contributed by atoms with E-state index in [9.17, 15) is 4.79 Å². The van der Waals surface area contributed by atoms with Gasteiger partial charge in [-0.2, -0.15) is 0 Å². The number of amides is 1. The Morgan fingerprint density at radius 2 is 1.66 bits per heavy atom. The number of carbonyl (C=O) groups is 1. The van der Waals surface area contributed by atoms with Crippen molar-refractivity contribution in [1.29, 1.82) is 0 Å². The smallest absolute Gasteiger partial charge is 0.240 e. The van der Waals surface area contributed by atoms with Crippen LogP contribution in [0.3, 0.4) is 0 Å². The molecule has 1 N–H and O–H groups in total. The molecule has 1 aliphatic heterocycles. The van der Waals surface area contributed by atoms with E-state index < -0.39 is 0 Å². The molecular formula is C26H34N4OS. The summed E-state index contributed by atoms with van der Waals surface area (Å²) in [6.45, 7) is 6.80. The molecule has 0 radical (unpaired) electrons. The van der Waals surface area contributed by atoms with Gasteiger partial charge in [-0.25, -0.2) is 4.98 Å².